The van der Waals surface area contributed by atoms with Crippen LogP contribution in [0.4, 0.5) is 0 Å². The van der Waals surface area contributed by atoms with Crippen LogP contribution < -0.4 is 19.5 Å². The van der Waals surface area contributed by atoms with Gasteiger partial charge in [0.25, 0.3) is 0 Å². The summed E-state index contributed by atoms with van der Waals surface area (Å²) in [6.07, 6.45) is 2.16. The van der Waals surface area contributed by atoms with E-state index in [1.807, 2.05) is 12.1 Å². The molecule has 0 radical (unpaired) electrons. The molecule has 1 heterocycles. The first-order valence-corrected chi connectivity index (χ1v) is 6.01. The van der Waals surface area contributed by atoms with Crippen LogP contribution >= 0.6 is 0 Å². The lowest BCUT2D eigenvalue weighted by Crippen LogP contribution is -2.13. The standard InChI is InChI=1S/C14H19NO3/c1-10(2)4-5-15-8-11-6-12(16-3)14-13(7-11)17-9-18-14/h4,6-7,15H,5,8-9H2,1-3H3. The molecule has 1 aliphatic heterocycles. The molecule has 1 aromatic carbocycles. The molecule has 1 aromatic rings. The van der Waals surface area contributed by atoms with Gasteiger partial charge >= 0.3 is 0 Å². The Morgan fingerprint density at radius 2 is 2.22 bits per heavy atom. The highest BCUT2D eigenvalue weighted by Gasteiger charge is 2.19. The second-order valence-corrected chi connectivity index (χ2v) is 4.44. The molecular formula is C14H19NO3. The van der Waals surface area contributed by atoms with Gasteiger partial charge in [0.15, 0.2) is 11.5 Å². The highest BCUT2D eigenvalue weighted by atomic mass is 16.7. The van der Waals surface area contributed by atoms with Gasteiger partial charge in [-0.2, -0.15) is 0 Å². The van der Waals surface area contributed by atoms with Gasteiger partial charge in [0.1, 0.15) is 0 Å². The SMILES string of the molecule is COc1cc(CNCC=C(C)C)cc2c1OCO2. The Morgan fingerprint density at radius 1 is 1.39 bits per heavy atom. The Bertz CT molecular complexity index is 451. The summed E-state index contributed by atoms with van der Waals surface area (Å²) in [6.45, 7) is 6.08. The van der Waals surface area contributed by atoms with Gasteiger partial charge in [0.2, 0.25) is 12.5 Å². The van der Waals surface area contributed by atoms with Crippen molar-refractivity contribution in [3.05, 3.63) is 29.3 Å². The van der Waals surface area contributed by atoms with E-state index in [0.717, 1.165) is 30.2 Å². The van der Waals surface area contributed by atoms with E-state index in [0.29, 0.717) is 5.75 Å². The summed E-state index contributed by atoms with van der Waals surface area (Å²) in [6, 6.07) is 3.96. The largest absolute Gasteiger partial charge is 0.493 e. The lowest BCUT2D eigenvalue weighted by molar-refractivity contribution is 0.171. The van der Waals surface area contributed by atoms with Crippen LogP contribution in [0.3, 0.4) is 0 Å². The summed E-state index contributed by atoms with van der Waals surface area (Å²) in [4.78, 5) is 0. The van der Waals surface area contributed by atoms with Gasteiger partial charge in [0, 0.05) is 13.1 Å². The second-order valence-electron chi connectivity index (χ2n) is 4.44. The molecule has 18 heavy (non-hydrogen) atoms. The molecule has 0 saturated carbocycles. The average molecular weight is 249 g/mol. The predicted octanol–water partition coefficient (Wildman–Crippen LogP) is 2.48. The fourth-order valence-corrected chi connectivity index (χ4v) is 1.78. The summed E-state index contributed by atoms with van der Waals surface area (Å²) >= 11 is 0. The first-order chi connectivity index (χ1) is 8.70. The molecule has 98 valence electrons. The molecule has 4 heteroatoms. The minimum absolute atomic E-state index is 0.264. The topological polar surface area (TPSA) is 39.7 Å². The summed E-state index contributed by atoms with van der Waals surface area (Å²) in [7, 11) is 1.64. The van der Waals surface area contributed by atoms with E-state index in [1.54, 1.807) is 7.11 Å². The Labute approximate surface area is 108 Å². The quantitative estimate of drug-likeness (QED) is 0.643. The van der Waals surface area contributed by atoms with Crippen molar-refractivity contribution in [2.45, 2.75) is 20.4 Å². The van der Waals surface area contributed by atoms with Crippen molar-refractivity contribution in [2.24, 2.45) is 0 Å². The molecule has 0 aliphatic carbocycles. The number of fused-ring (bicyclic) bond motifs is 1. The molecule has 0 spiro atoms. The van der Waals surface area contributed by atoms with Crippen LogP contribution in [0.25, 0.3) is 0 Å². The van der Waals surface area contributed by atoms with Gasteiger partial charge in [-0.15, -0.1) is 0 Å². The van der Waals surface area contributed by atoms with E-state index in [-0.39, 0.29) is 6.79 Å². The van der Waals surface area contributed by atoms with Crippen molar-refractivity contribution >= 4 is 0 Å². The Hall–Kier alpha value is -1.68. The number of rotatable bonds is 5. The monoisotopic (exact) mass is 249 g/mol. The summed E-state index contributed by atoms with van der Waals surface area (Å²) in [5.74, 6) is 2.18. The maximum atomic E-state index is 5.38. The van der Waals surface area contributed by atoms with E-state index in [2.05, 4.69) is 25.2 Å². The first kappa shape index (κ1) is 12.8. The van der Waals surface area contributed by atoms with E-state index in [9.17, 15) is 0 Å². The molecule has 0 fully saturated rings. The third-order valence-corrected chi connectivity index (χ3v) is 2.70. The van der Waals surface area contributed by atoms with E-state index in [4.69, 9.17) is 14.2 Å². The molecule has 0 amide bonds. The van der Waals surface area contributed by atoms with E-state index in [1.165, 1.54) is 5.57 Å². The molecule has 2 rings (SSSR count). The zero-order valence-electron chi connectivity index (χ0n) is 11.1. The van der Waals surface area contributed by atoms with Gasteiger partial charge in [-0.3, -0.25) is 0 Å². The van der Waals surface area contributed by atoms with Crippen LogP contribution in [0, 0.1) is 0 Å². The van der Waals surface area contributed by atoms with Crippen molar-refractivity contribution in [1.82, 2.24) is 5.32 Å². The zero-order valence-corrected chi connectivity index (χ0v) is 11.1. The molecule has 1 aliphatic rings. The first-order valence-electron chi connectivity index (χ1n) is 6.01. The van der Waals surface area contributed by atoms with Crippen molar-refractivity contribution < 1.29 is 14.2 Å². The number of ether oxygens (including phenoxy) is 3. The highest BCUT2D eigenvalue weighted by molar-refractivity contribution is 5.55. The molecule has 4 nitrogen and oxygen atoms in total. The number of allylic oxidation sites excluding steroid dienone is 1. The maximum absolute atomic E-state index is 5.38. The lowest BCUT2D eigenvalue weighted by Gasteiger charge is -2.08. The van der Waals surface area contributed by atoms with Crippen molar-refractivity contribution in [1.29, 1.82) is 0 Å². The average Bonchev–Trinajstić information content (AvgIpc) is 2.81. The molecule has 1 N–H and O–H groups in total. The summed E-state index contributed by atoms with van der Waals surface area (Å²) < 4.78 is 16.0. The van der Waals surface area contributed by atoms with Crippen LogP contribution in [0.5, 0.6) is 17.2 Å². The number of hydrogen-bond donors (Lipinski definition) is 1. The zero-order chi connectivity index (χ0) is 13.0. The smallest absolute Gasteiger partial charge is 0.231 e. The fourth-order valence-electron chi connectivity index (χ4n) is 1.78. The van der Waals surface area contributed by atoms with Gasteiger partial charge in [-0.1, -0.05) is 11.6 Å². The number of methoxy groups -OCH3 is 1. The predicted molar refractivity (Wildman–Crippen MR) is 70.3 cm³/mol. The van der Waals surface area contributed by atoms with E-state index < -0.39 is 0 Å². The van der Waals surface area contributed by atoms with Crippen LogP contribution in [0.15, 0.2) is 23.8 Å². The Balaban J connectivity index is 2.03. The third kappa shape index (κ3) is 2.96. The molecule has 0 atom stereocenters. The van der Waals surface area contributed by atoms with Gasteiger partial charge in [-0.05, 0) is 31.5 Å². The Morgan fingerprint density at radius 3 is 2.94 bits per heavy atom. The minimum Gasteiger partial charge on any atom is -0.493 e. The molecule has 0 saturated heterocycles. The number of nitrogens with one attached hydrogen (secondary N) is 1. The second kappa shape index (κ2) is 5.78. The van der Waals surface area contributed by atoms with Crippen molar-refractivity contribution in [3.63, 3.8) is 0 Å². The van der Waals surface area contributed by atoms with Gasteiger partial charge in [-0.25, -0.2) is 0 Å². The van der Waals surface area contributed by atoms with Crippen LogP contribution in [-0.4, -0.2) is 20.4 Å². The van der Waals surface area contributed by atoms with Crippen LogP contribution in [0.1, 0.15) is 19.4 Å². The van der Waals surface area contributed by atoms with Crippen LogP contribution in [-0.2, 0) is 6.54 Å². The minimum atomic E-state index is 0.264. The highest BCUT2D eigenvalue weighted by Crippen LogP contribution is 2.41. The normalized spacial score (nSPS) is 12.4. The maximum Gasteiger partial charge on any atom is 0.231 e. The molecule has 0 bridgehead atoms. The third-order valence-electron chi connectivity index (χ3n) is 2.70. The fraction of sp³-hybridized carbons (Fsp3) is 0.429. The Kier molecular flexibility index (Phi) is 4.10. The summed E-state index contributed by atoms with van der Waals surface area (Å²) in [5.41, 5.74) is 2.43. The van der Waals surface area contributed by atoms with Crippen molar-refractivity contribution in [3.8, 4) is 17.2 Å². The molecule has 0 unspecified atom stereocenters. The van der Waals surface area contributed by atoms with Gasteiger partial charge in [0.05, 0.1) is 7.11 Å². The lowest BCUT2D eigenvalue weighted by atomic mass is 10.2. The molecular weight excluding hydrogens is 230 g/mol. The number of benzene rings is 1. The number of hydrogen-bond acceptors (Lipinski definition) is 4. The van der Waals surface area contributed by atoms with E-state index >= 15 is 0 Å². The van der Waals surface area contributed by atoms with Crippen molar-refractivity contribution in [2.75, 3.05) is 20.4 Å². The molecule has 0 aromatic heterocycles. The summed E-state index contributed by atoms with van der Waals surface area (Å²) in [5, 5.41) is 3.35. The van der Waals surface area contributed by atoms with Crippen LogP contribution in [0.2, 0.25) is 0 Å². The van der Waals surface area contributed by atoms with Gasteiger partial charge < -0.3 is 19.5 Å².